The van der Waals surface area contributed by atoms with Crippen molar-refractivity contribution in [2.24, 2.45) is 0 Å². The summed E-state index contributed by atoms with van der Waals surface area (Å²) in [6.07, 6.45) is 1.65. The molecule has 2 aromatic rings. The lowest BCUT2D eigenvalue weighted by molar-refractivity contribution is -0.117. The Morgan fingerprint density at radius 3 is 2.63 bits per heavy atom. The number of nitrogens with zero attached hydrogens (tertiary/aromatic N) is 2. The molecule has 1 N–H and O–H groups in total. The van der Waals surface area contributed by atoms with Gasteiger partial charge in [0.2, 0.25) is 0 Å². The van der Waals surface area contributed by atoms with Crippen LogP contribution < -0.4 is 10.2 Å². The Morgan fingerprint density at radius 1 is 1.22 bits per heavy atom. The minimum Gasteiger partial charge on any atom is -0.378 e. The summed E-state index contributed by atoms with van der Waals surface area (Å²) in [6, 6.07) is 17.7. The van der Waals surface area contributed by atoms with Crippen molar-refractivity contribution in [1.29, 1.82) is 5.26 Å². The van der Waals surface area contributed by atoms with Crippen molar-refractivity contribution in [3.63, 3.8) is 0 Å². The van der Waals surface area contributed by atoms with Gasteiger partial charge in [0.1, 0.15) is 11.6 Å². The second kappa shape index (κ2) is 9.02. The third kappa shape index (κ3) is 4.96. The monoisotopic (exact) mass is 361 g/mol. The fourth-order valence-electron chi connectivity index (χ4n) is 3.02. The van der Waals surface area contributed by atoms with Gasteiger partial charge in [-0.25, -0.2) is 0 Å². The van der Waals surface area contributed by atoms with Crippen LogP contribution in [0.25, 0.3) is 6.08 Å². The Bertz CT molecular complexity index is 863. The number of morpholine rings is 1. The van der Waals surface area contributed by atoms with Crippen molar-refractivity contribution in [2.45, 2.75) is 13.5 Å². The van der Waals surface area contributed by atoms with Gasteiger partial charge < -0.3 is 15.0 Å². The smallest absolute Gasteiger partial charge is 0.262 e. The molecule has 5 nitrogen and oxygen atoms in total. The molecule has 138 valence electrons. The van der Waals surface area contributed by atoms with E-state index in [9.17, 15) is 10.1 Å². The van der Waals surface area contributed by atoms with Crippen LogP contribution in [0.5, 0.6) is 0 Å². The van der Waals surface area contributed by atoms with E-state index < -0.39 is 0 Å². The maximum atomic E-state index is 12.4. The number of anilines is 1. The molecule has 3 rings (SSSR count). The zero-order chi connectivity index (χ0) is 19.1. The molecule has 1 aliphatic rings. The quantitative estimate of drug-likeness (QED) is 0.657. The maximum absolute atomic E-state index is 12.4. The molecule has 0 unspecified atom stereocenters. The number of amides is 1. The lowest BCUT2D eigenvalue weighted by atomic mass is 10.0. The van der Waals surface area contributed by atoms with E-state index in [0.29, 0.717) is 6.54 Å². The van der Waals surface area contributed by atoms with Crippen LogP contribution in [0.2, 0.25) is 0 Å². The molecular weight excluding hydrogens is 338 g/mol. The van der Waals surface area contributed by atoms with E-state index in [2.05, 4.69) is 16.3 Å². The van der Waals surface area contributed by atoms with Crippen LogP contribution in [0, 0.1) is 18.3 Å². The first-order chi connectivity index (χ1) is 13.2. The third-order valence-corrected chi connectivity index (χ3v) is 4.59. The van der Waals surface area contributed by atoms with Gasteiger partial charge in [0, 0.05) is 25.3 Å². The van der Waals surface area contributed by atoms with Crippen molar-refractivity contribution >= 4 is 17.7 Å². The number of nitriles is 1. The van der Waals surface area contributed by atoms with Crippen molar-refractivity contribution in [3.05, 3.63) is 70.8 Å². The summed E-state index contributed by atoms with van der Waals surface area (Å²) >= 11 is 0. The zero-order valence-electron chi connectivity index (χ0n) is 15.4. The molecule has 0 radical (unpaired) electrons. The molecule has 5 heteroatoms. The Balaban J connectivity index is 1.70. The van der Waals surface area contributed by atoms with Gasteiger partial charge >= 0.3 is 0 Å². The van der Waals surface area contributed by atoms with Gasteiger partial charge in [-0.1, -0.05) is 36.4 Å². The number of aryl methyl sites for hydroxylation is 1. The molecule has 27 heavy (non-hydrogen) atoms. The van der Waals surface area contributed by atoms with Crippen LogP contribution in [-0.4, -0.2) is 32.2 Å². The number of rotatable bonds is 5. The van der Waals surface area contributed by atoms with Crippen LogP contribution in [0.4, 0.5) is 5.69 Å². The second-order valence-corrected chi connectivity index (χ2v) is 6.48. The molecule has 2 aromatic carbocycles. The Hall–Kier alpha value is -3.10. The molecule has 0 bridgehead atoms. The highest BCUT2D eigenvalue weighted by Gasteiger charge is 2.13. The first-order valence-corrected chi connectivity index (χ1v) is 9.04. The molecule has 1 heterocycles. The first-order valence-electron chi connectivity index (χ1n) is 9.04. The minimum atomic E-state index is -0.363. The molecule has 0 saturated carbocycles. The molecule has 1 saturated heterocycles. The number of benzene rings is 2. The minimum absolute atomic E-state index is 0.105. The molecule has 0 spiro atoms. The van der Waals surface area contributed by atoms with E-state index >= 15 is 0 Å². The summed E-state index contributed by atoms with van der Waals surface area (Å²) < 4.78 is 5.39. The molecule has 0 atom stereocenters. The lowest BCUT2D eigenvalue weighted by Crippen LogP contribution is -2.36. The van der Waals surface area contributed by atoms with Crippen LogP contribution in [0.3, 0.4) is 0 Å². The van der Waals surface area contributed by atoms with Crippen molar-refractivity contribution in [2.75, 3.05) is 31.2 Å². The number of hydrogen-bond donors (Lipinski definition) is 1. The standard InChI is InChI=1S/C22H23N3O2/c1-17-13-21(25-9-11-27-12-10-25)8-7-19(17)14-20(15-23)22(26)24-16-18-5-3-2-4-6-18/h2-8,13-14H,9-12,16H2,1H3,(H,24,26)/b20-14-. The highest BCUT2D eigenvalue weighted by atomic mass is 16.5. The van der Waals surface area contributed by atoms with Crippen molar-refractivity contribution in [3.8, 4) is 6.07 Å². The summed E-state index contributed by atoms with van der Waals surface area (Å²) in [5.74, 6) is -0.363. The first kappa shape index (κ1) is 18.7. The van der Waals surface area contributed by atoms with E-state index in [-0.39, 0.29) is 11.5 Å². The Kier molecular flexibility index (Phi) is 6.24. The normalized spacial score (nSPS) is 14.5. The van der Waals surface area contributed by atoms with E-state index in [1.165, 1.54) is 0 Å². The zero-order valence-corrected chi connectivity index (χ0v) is 15.4. The fraction of sp³-hybridized carbons (Fsp3) is 0.273. The molecule has 1 aliphatic heterocycles. The van der Waals surface area contributed by atoms with Crippen LogP contribution in [0.1, 0.15) is 16.7 Å². The van der Waals surface area contributed by atoms with Crippen LogP contribution in [-0.2, 0) is 16.1 Å². The van der Waals surface area contributed by atoms with Gasteiger partial charge in [0.05, 0.1) is 13.2 Å². The molecular formula is C22H23N3O2. The van der Waals surface area contributed by atoms with Gasteiger partial charge in [0.15, 0.2) is 0 Å². The highest BCUT2D eigenvalue weighted by Crippen LogP contribution is 2.22. The fourth-order valence-corrected chi connectivity index (χ4v) is 3.02. The van der Waals surface area contributed by atoms with E-state index in [4.69, 9.17) is 4.74 Å². The maximum Gasteiger partial charge on any atom is 0.262 e. The summed E-state index contributed by atoms with van der Waals surface area (Å²) in [5, 5.41) is 12.2. The lowest BCUT2D eigenvalue weighted by Gasteiger charge is -2.29. The topological polar surface area (TPSA) is 65.4 Å². The van der Waals surface area contributed by atoms with Gasteiger partial charge in [-0.3, -0.25) is 4.79 Å². The average Bonchev–Trinajstić information content (AvgIpc) is 2.72. The predicted molar refractivity (Wildman–Crippen MR) is 106 cm³/mol. The van der Waals surface area contributed by atoms with Gasteiger partial charge in [-0.15, -0.1) is 0 Å². The van der Waals surface area contributed by atoms with Crippen molar-refractivity contribution in [1.82, 2.24) is 5.32 Å². The number of carbonyl (C=O) groups is 1. The molecule has 0 aliphatic carbocycles. The largest absolute Gasteiger partial charge is 0.378 e. The third-order valence-electron chi connectivity index (χ3n) is 4.59. The molecule has 1 fully saturated rings. The summed E-state index contributed by atoms with van der Waals surface area (Å²) in [6.45, 7) is 5.61. The highest BCUT2D eigenvalue weighted by molar-refractivity contribution is 6.01. The number of hydrogen-bond acceptors (Lipinski definition) is 4. The van der Waals surface area contributed by atoms with Gasteiger partial charge in [-0.2, -0.15) is 5.26 Å². The summed E-state index contributed by atoms with van der Waals surface area (Å²) in [4.78, 5) is 14.6. The number of carbonyl (C=O) groups excluding carboxylic acids is 1. The van der Waals surface area contributed by atoms with E-state index in [1.807, 2.05) is 55.5 Å². The summed E-state index contributed by atoms with van der Waals surface area (Å²) in [7, 11) is 0. The van der Waals surface area contributed by atoms with Gasteiger partial charge in [-0.05, 0) is 41.8 Å². The molecule has 0 aromatic heterocycles. The summed E-state index contributed by atoms with van der Waals surface area (Å²) in [5.41, 5.74) is 4.14. The average molecular weight is 361 g/mol. The van der Waals surface area contributed by atoms with E-state index in [1.54, 1.807) is 6.08 Å². The van der Waals surface area contributed by atoms with Crippen LogP contribution >= 0.6 is 0 Å². The Morgan fingerprint density at radius 2 is 1.96 bits per heavy atom. The SMILES string of the molecule is Cc1cc(N2CCOCC2)ccc1/C=C(/C#N)C(=O)NCc1ccccc1. The molecule has 1 amide bonds. The van der Waals surface area contributed by atoms with Crippen molar-refractivity contribution < 1.29 is 9.53 Å². The Labute approximate surface area is 159 Å². The predicted octanol–water partition coefficient (Wildman–Crippen LogP) is 3.06. The number of nitrogens with one attached hydrogen (secondary N) is 1. The van der Waals surface area contributed by atoms with Crippen LogP contribution in [0.15, 0.2) is 54.1 Å². The second-order valence-electron chi connectivity index (χ2n) is 6.48. The van der Waals surface area contributed by atoms with Gasteiger partial charge in [0.25, 0.3) is 5.91 Å². The number of ether oxygens (including phenoxy) is 1. The van der Waals surface area contributed by atoms with E-state index in [0.717, 1.165) is 48.7 Å².